The van der Waals surface area contributed by atoms with Crippen molar-refractivity contribution in [2.24, 2.45) is 0 Å². The molecule has 1 aromatic carbocycles. The van der Waals surface area contributed by atoms with Gasteiger partial charge in [-0.25, -0.2) is 0 Å². The van der Waals surface area contributed by atoms with Crippen LogP contribution in [-0.4, -0.2) is 75.2 Å². The fraction of sp³-hybridized carbons (Fsp3) is 0.381. The fourth-order valence-electron chi connectivity index (χ4n) is 3.08. The summed E-state index contributed by atoms with van der Waals surface area (Å²) in [6, 6.07) is 10.8. The maximum absolute atomic E-state index is 12.5. The number of piperazine rings is 1. The summed E-state index contributed by atoms with van der Waals surface area (Å²) in [5, 5.41) is 5.56. The predicted octanol–water partition coefficient (Wildman–Crippen LogP) is 1.46. The Morgan fingerprint density at radius 3 is 2.48 bits per heavy atom. The van der Waals surface area contributed by atoms with Crippen molar-refractivity contribution in [3.8, 4) is 0 Å². The summed E-state index contributed by atoms with van der Waals surface area (Å²) >= 11 is 0. The number of nitrogens with zero attached hydrogens (tertiary/aromatic N) is 3. The molecule has 0 aliphatic carbocycles. The number of amides is 2. The molecule has 0 bridgehead atoms. The monoisotopic (exact) mass is 397 g/mol. The van der Waals surface area contributed by atoms with Gasteiger partial charge in [-0.2, -0.15) is 0 Å². The van der Waals surface area contributed by atoms with Gasteiger partial charge in [-0.3, -0.25) is 14.6 Å². The first-order chi connectivity index (χ1) is 14.1. The van der Waals surface area contributed by atoms with E-state index in [1.165, 1.54) is 12.3 Å². The normalized spacial score (nSPS) is 14.5. The van der Waals surface area contributed by atoms with Crippen LogP contribution >= 0.6 is 0 Å². The molecule has 2 heterocycles. The number of rotatable bonds is 7. The van der Waals surface area contributed by atoms with E-state index in [1.807, 2.05) is 24.3 Å². The molecule has 1 aliphatic heterocycles. The van der Waals surface area contributed by atoms with Gasteiger partial charge in [0.25, 0.3) is 11.8 Å². The average Bonchev–Trinajstić information content (AvgIpc) is 2.75. The summed E-state index contributed by atoms with van der Waals surface area (Å²) in [6.07, 6.45) is 1.45. The minimum atomic E-state index is -0.358. The molecule has 29 heavy (non-hydrogen) atoms. The maximum atomic E-state index is 12.5. The lowest BCUT2D eigenvalue weighted by Gasteiger charge is -2.34. The molecule has 8 nitrogen and oxygen atoms in total. The summed E-state index contributed by atoms with van der Waals surface area (Å²) in [4.78, 5) is 33.4. The highest BCUT2D eigenvalue weighted by atomic mass is 16.5. The van der Waals surface area contributed by atoms with Crippen LogP contribution in [0.1, 0.15) is 20.8 Å². The number of nitrogens with one attached hydrogen (secondary N) is 2. The number of carbonyl (C=O) groups is 2. The minimum absolute atomic E-state index is 0.188. The number of ether oxygens (including phenoxy) is 1. The van der Waals surface area contributed by atoms with Crippen molar-refractivity contribution in [1.82, 2.24) is 15.2 Å². The third-order valence-corrected chi connectivity index (χ3v) is 4.84. The van der Waals surface area contributed by atoms with Crippen molar-refractivity contribution in [2.45, 2.75) is 0 Å². The molecule has 8 heteroatoms. The molecule has 2 aromatic rings. The number of benzene rings is 1. The van der Waals surface area contributed by atoms with E-state index < -0.39 is 0 Å². The second kappa shape index (κ2) is 9.99. The van der Waals surface area contributed by atoms with Crippen LogP contribution in [0.4, 0.5) is 11.4 Å². The molecule has 1 fully saturated rings. The van der Waals surface area contributed by atoms with E-state index in [4.69, 9.17) is 4.74 Å². The van der Waals surface area contributed by atoms with E-state index >= 15 is 0 Å². The number of anilines is 2. The van der Waals surface area contributed by atoms with Gasteiger partial charge in [0.05, 0.1) is 6.61 Å². The minimum Gasteiger partial charge on any atom is -0.383 e. The highest BCUT2D eigenvalue weighted by Crippen LogP contribution is 2.19. The Morgan fingerprint density at radius 1 is 1.07 bits per heavy atom. The third-order valence-electron chi connectivity index (χ3n) is 4.84. The second-order valence-electron chi connectivity index (χ2n) is 6.97. The zero-order valence-corrected chi connectivity index (χ0v) is 16.9. The van der Waals surface area contributed by atoms with Gasteiger partial charge in [-0.1, -0.05) is 0 Å². The third kappa shape index (κ3) is 5.75. The van der Waals surface area contributed by atoms with Gasteiger partial charge in [-0.15, -0.1) is 0 Å². The molecule has 154 valence electrons. The van der Waals surface area contributed by atoms with Crippen LogP contribution in [0.2, 0.25) is 0 Å². The topological polar surface area (TPSA) is 86.8 Å². The van der Waals surface area contributed by atoms with Crippen molar-refractivity contribution in [1.29, 1.82) is 0 Å². The van der Waals surface area contributed by atoms with Crippen LogP contribution in [0.25, 0.3) is 0 Å². The van der Waals surface area contributed by atoms with Gasteiger partial charge >= 0.3 is 0 Å². The Labute approximate surface area is 170 Å². The highest BCUT2D eigenvalue weighted by molar-refractivity contribution is 6.04. The zero-order chi connectivity index (χ0) is 20.6. The quantitative estimate of drug-likeness (QED) is 0.688. The molecule has 1 aromatic heterocycles. The van der Waals surface area contributed by atoms with E-state index in [2.05, 4.69) is 32.5 Å². The van der Waals surface area contributed by atoms with Crippen LogP contribution in [0.15, 0.2) is 42.6 Å². The van der Waals surface area contributed by atoms with Crippen molar-refractivity contribution in [2.75, 3.05) is 63.7 Å². The van der Waals surface area contributed by atoms with Gasteiger partial charge in [0, 0.05) is 63.0 Å². The average molecular weight is 397 g/mol. The molecule has 0 saturated carbocycles. The summed E-state index contributed by atoms with van der Waals surface area (Å²) in [5.41, 5.74) is 2.40. The van der Waals surface area contributed by atoms with Gasteiger partial charge in [0.15, 0.2) is 0 Å². The first-order valence-electron chi connectivity index (χ1n) is 9.65. The molecule has 0 radical (unpaired) electrons. The van der Waals surface area contributed by atoms with Crippen molar-refractivity contribution in [3.63, 3.8) is 0 Å². The Hall–Kier alpha value is -2.97. The molecule has 3 rings (SSSR count). The first-order valence-corrected chi connectivity index (χ1v) is 9.65. The maximum Gasteiger partial charge on any atom is 0.274 e. The zero-order valence-electron chi connectivity index (χ0n) is 16.9. The van der Waals surface area contributed by atoms with E-state index in [1.54, 1.807) is 13.2 Å². The van der Waals surface area contributed by atoms with E-state index in [0.717, 1.165) is 31.9 Å². The number of aromatic nitrogens is 1. The number of methoxy groups -OCH3 is 1. The van der Waals surface area contributed by atoms with E-state index in [9.17, 15) is 9.59 Å². The Balaban J connectivity index is 1.60. The molecule has 0 spiro atoms. The van der Waals surface area contributed by atoms with Crippen LogP contribution < -0.4 is 15.5 Å². The molecule has 0 atom stereocenters. The smallest absolute Gasteiger partial charge is 0.274 e. The molecule has 1 saturated heterocycles. The number of carbonyl (C=O) groups excluding carboxylic acids is 2. The number of likely N-dealkylation sites (N-methyl/N-ethyl adjacent to an activating group) is 1. The number of hydrogen-bond acceptors (Lipinski definition) is 6. The number of pyridine rings is 1. The largest absolute Gasteiger partial charge is 0.383 e. The summed E-state index contributed by atoms with van der Waals surface area (Å²) in [5.74, 6) is -0.626. The van der Waals surface area contributed by atoms with Crippen LogP contribution in [0, 0.1) is 0 Å². The fourth-order valence-corrected chi connectivity index (χ4v) is 3.08. The van der Waals surface area contributed by atoms with Crippen molar-refractivity contribution >= 4 is 23.2 Å². The molecule has 0 unspecified atom stereocenters. The molecular formula is C21H27N5O3. The van der Waals surface area contributed by atoms with Gasteiger partial charge < -0.3 is 25.2 Å². The van der Waals surface area contributed by atoms with Crippen LogP contribution in [0.5, 0.6) is 0 Å². The van der Waals surface area contributed by atoms with E-state index in [-0.39, 0.29) is 17.5 Å². The lowest BCUT2D eigenvalue weighted by Crippen LogP contribution is -2.44. The van der Waals surface area contributed by atoms with Crippen LogP contribution in [0.3, 0.4) is 0 Å². The number of hydrogen-bond donors (Lipinski definition) is 2. The van der Waals surface area contributed by atoms with Gasteiger partial charge in [-0.05, 0) is 43.4 Å². The molecule has 2 N–H and O–H groups in total. The lowest BCUT2D eigenvalue weighted by molar-refractivity contribution is 0.0937. The lowest BCUT2D eigenvalue weighted by atomic mass is 10.2. The van der Waals surface area contributed by atoms with Crippen molar-refractivity contribution in [3.05, 3.63) is 53.9 Å². The predicted molar refractivity (Wildman–Crippen MR) is 113 cm³/mol. The highest BCUT2D eigenvalue weighted by Gasteiger charge is 2.15. The SMILES string of the molecule is COCCNC(=O)c1ccnc(C(=O)Nc2ccc(N3CCN(C)CC3)cc2)c1. The molecule has 2 amide bonds. The Kier molecular flexibility index (Phi) is 7.15. The van der Waals surface area contributed by atoms with Gasteiger partial charge in [0.1, 0.15) is 5.69 Å². The Morgan fingerprint density at radius 2 is 1.79 bits per heavy atom. The summed E-state index contributed by atoms with van der Waals surface area (Å²) in [6.45, 7) is 4.89. The standard InChI is InChI=1S/C21H27N5O3/c1-25-10-12-26(13-11-25)18-5-3-17(4-6-18)24-21(28)19-15-16(7-8-22-19)20(27)23-9-14-29-2/h3-8,15H,9-14H2,1-2H3,(H,23,27)(H,24,28). The molecular weight excluding hydrogens is 370 g/mol. The van der Waals surface area contributed by atoms with Crippen molar-refractivity contribution < 1.29 is 14.3 Å². The summed E-state index contributed by atoms with van der Waals surface area (Å²) < 4.78 is 4.91. The molecule has 1 aliphatic rings. The Bertz CT molecular complexity index is 832. The second-order valence-corrected chi connectivity index (χ2v) is 6.97. The van der Waals surface area contributed by atoms with Gasteiger partial charge in [0.2, 0.25) is 0 Å². The first kappa shape index (κ1) is 20.8. The van der Waals surface area contributed by atoms with Crippen LogP contribution in [-0.2, 0) is 4.74 Å². The summed E-state index contributed by atoms with van der Waals surface area (Å²) in [7, 11) is 3.70. The van der Waals surface area contributed by atoms with E-state index in [0.29, 0.717) is 24.4 Å².